The normalized spacial score (nSPS) is 10.1. The standard InChI is InChI=1S/C7H6BrFOS/c1-11-7-4(9)2-3-5(10)6(7)8/h2-3,10H,1H3. The fourth-order valence-corrected chi connectivity index (χ4v) is 2.06. The van der Waals surface area contributed by atoms with E-state index in [0.717, 1.165) is 0 Å². The van der Waals surface area contributed by atoms with Gasteiger partial charge in [0.1, 0.15) is 11.6 Å². The number of aromatic hydroxyl groups is 1. The molecule has 0 aliphatic rings. The molecule has 1 rings (SSSR count). The summed E-state index contributed by atoms with van der Waals surface area (Å²) < 4.78 is 13.3. The van der Waals surface area contributed by atoms with Crippen LogP contribution >= 0.6 is 27.7 Å². The highest BCUT2D eigenvalue weighted by Crippen LogP contribution is 2.34. The van der Waals surface area contributed by atoms with E-state index >= 15 is 0 Å². The predicted octanol–water partition coefficient (Wildman–Crippen LogP) is 3.02. The largest absolute Gasteiger partial charge is 0.507 e. The molecule has 0 bridgehead atoms. The molecule has 0 radical (unpaired) electrons. The highest BCUT2D eigenvalue weighted by Gasteiger charge is 2.08. The van der Waals surface area contributed by atoms with Crippen molar-refractivity contribution in [1.82, 2.24) is 0 Å². The van der Waals surface area contributed by atoms with Crippen LogP contribution in [-0.2, 0) is 0 Å². The Labute approximate surface area is 76.7 Å². The Kier molecular flexibility index (Phi) is 2.78. The summed E-state index contributed by atoms with van der Waals surface area (Å²) in [4.78, 5) is 0.435. The molecule has 0 aromatic heterocycles. The Morgan fingerprint density at radius 2 is 2.18 bits per heavy atom. The highest BCUT2D eigenvalue weighted by atomic mass is 79.9. The molecular weight excluding hydrogens is 231 g/mol. The van der Waals surface area contributed by atoms with E-state index < -0.39 is 0 Å². The number of hydrogen-bond acceptors (Lipinski definition) is 2. The van der Waals surface area contributed by atoms with Crippen LogP contribution in [0.5, 0.6) is 5.75 Å². The van der Waals surface area contributed by atoms with E-state index in [4.69, 9.17) is 5.11 Å². The maximum Gasteiger partial charge on any atom is 0.138 e. The summed E-state index contributed by atoms with van der Waals surface area (Å²) in [5.41, 5.74) is 0. The molecule has 0 heterocycles. The van der Waals surface area contributed by atoms with E-state index in [0.29, 0.717) is 9.37 Å². The maximum absolute atomic E-state index is 12.9. The van der Waals surface area contributed by atoms with Gasteiger partial charge in [-0.05, 0) is 34.3 Å². The molecule has 11 heavy (non-hydrogen) atoms. The summed E-state index contributed by atoms with van der Waals surface area (Å²) in [6.45, 7) is 0. The SMILES string of the molecule is CSc1c(F)ccc(O)c1Br. The molecule has 1 nitrogen and oxygen atoms in total. The Morgan fingerprint density at radius 1 is 1.55 bits per heavy atom. The summed E-state index contributed by atoms with van der Waals surface area (Å²) in [6.07, 6.45) is 1.75. The third kappa shape index (κ3) is 1.68. The Balaban J connectivity index is 3.29. The number of rotatable bonds is 1. The molecule has 1 aromatic carbocycles. The Bertz CT molecular complexity index is 277. The lowest BCUT2D eigenvalue weighted by atomic mass is 10.3. The lowest BCUT2D eigenvalue weighted by Gasteiger charge is -2.03. The molecular formula is C7H6BrFOS. The monoisotopic (exact) mass is 236 g/mol. The van der Waals surface area contributed by atoms with E-state index in [-0.39, 0.29) is 11.6 Å². The van der Waals surface area contributed by atoms with Crippen molar-refractivity contribution in [2.45, 2.75) is 4.90 Å². The quantitative estimate of drug-likeness (QED) is 0.757. The van der Waals surface area contributed by atoms with Crippen molar-refractivity contribution in [3.8, 4) is 5.75 Å². The second kappa shape index (κ2) is 3.45. The molecule has 0 amide bonds. The molecule has 0 atom stereocenters. The fourth-order valence-electron chi connectivity index (χ4n) is 0.709. The molecule has 0 spiro atoms. The summed E-state index contributed by atoms with van der Waals surface area (Å²) in [5, 5.41) is 9.13. The van der Waals surface area contributed by atoms with Crippen molar-refractivity contribution in [3.63, 3.8) is 0 Å². The van der Waals surface area contributed by atoms with Gasteiger partial charge in [-0.2, -0.15) is 0 Å². The van der Waals surface area contributed by atoms with Crippen LogP contribution in [0.1, 0.15) is 0 Å². The molecule has 0 fully saturated rings. The van der Waals surface area contributed by atoms with Crippen molar-refractivity contribution >= 4 is 27.7 Å². The molecule has 0 saturated carbocycles. The van der Waals surface area contributed by atoms with Crippen molar-refractivity contribution in [3.05, 3.63) is 22.4 Å². The van der Waals surface area contributed by atoms with Crippen LogP contribution in [0.2, 0.25) is 0 Å². The molecule has 60 valence electrons. The van der Waals surface area contributed by atoms with Crippen molar-refractivity contribution in [1.29, 1.82) is 0 Å². The zero-order chi connectivity index (χ0) is 8.43. The van der Waals surface area contributed by atoms with Gasteiger partial charge < -0.3 is 5.11 Å². The summed E-state index contributed by atoms with van der Waals surface area (Å²) in [5.74, 6) is -0.252. The summed E-state index contributed by atoms with van der Waals surface area (Å²) in [6, 6.07) is 2.56. The topological polar surface area (TPSA) is 20.2 Å². The molecule has 0 aliphatic heterocycles. The van der Waals surface area contributed by atoms with Gasteiger partial charge in [0.25, 0.3) is 0 Å². The zero-order valence-electron chi connectivity index (χ0n) is 5.77. The van der Waals surface area contributed by atoms with Crippen LogP contribution in [0.3, 0.4) is 0 Å². The van der Waals surface area contributed by atoms with Gasteiger partial charge >= 0.3 is 0 Å². The van der Waals surface area contributed by atoms with Crippen molar-refractivity contribution in [2.75, 3.05) is 6.26 Å². The summed E-state index contributed by atoms with van der Waals surface area (Å²) >= 11 is 4.33. The van der Waals surface area contributed by atoms with E-state index in [1.807, 2.05) is 0 Å². The molecule has 0 aliphatic carbocycles. The van der Waals surface area contributed by atoms with E-state index in [1.165, 1.54) is 23.9 Å². The Hall–Kier alpha value is -0.220. The zero-order valence-corrected chi connectivity index (χ0v) is 8.17. The second-order valence-corrected chi connectivity index (χ2v) is 3.52. The van der Waals surface area contributed by atoms with Gasteiger partial charge in [-0.15, -0.1) is 11.8 Å². The number of hydrogen-bond donors (Lipinski definition) is 1. The first-order valence-electron chi connectivity index (χ1n) is 2.87. The second-order valence-electron chi connectivity index (χ2n) is 1.91. The van der Waals surface area contributed by atoms with Crippen LogP contribution < -0.4 is 0 Å². The number of halogens is 2. The molecule has 0 saturated heterocycles. The van der Waals surface area contributed by atoms with Crippen molar-refractivity contribution < 1.29 is 9.50 Å². The van der Waals surface area contributed by atoms with Gasteiger partial charge in [0, 0.05) is 0 Å². The Morgan fingerprint density at radius 3 is 2.64 bits per heavy atom. The number of thioether (sulfide) groups is 1. The van der Waals surface area contributed by atoms with Crippen LogP contribution in [-0.4, -0.2) is 11.4 Å². The minimum atomic E-state index is -0.317. The molecule has 1 aromatic rings. The smallest absolute Gasteiger partial charge is 0.138 e. The minimum Gasteiger partial charge on any atom is -0.507 e. The molecule has 4 heteroatoms. The number of phenols is 1. The van der Waals surface area contributed by atoms with Gasteiger partial charge in [-0.1, -0.05) is 0 Å². The minimum absolute atomic E-state index is 0.0655. The van der Waals surface area contributed by atoms with Crippen molar-refractivity contribution in [2.24, 2.45) is 0 Å². The van der Waals surface area contributed by atoms with Gasteiger partial charge in [-0.3, -0.25) is 0 Å². The predicted molar refractivity (Wildman–Crippen MR) is 47.5 cm³/mol. The van der Waals surface area contributed by atoms with Gasteiger partial charge in [0.15, 0.2) is 0 Å². The van der Waals surface area contributed by atoms with Crippen LogP contribution in [0.25, 0.3) is 0 Å². The average molecular weight is 237 g/mol. The first kappa shape index (κ1) is 8.87. The molecule has 1 N–H and O–H groups in total. The maximum atomic E-state index is 12.9. The van der Waals surface area contributed by atoms with Crippen LogP contribution in [0.4, 0.5) is 4.39 Å². The first-order valence-corrected chi connectivity index (χ1v) is 4.89. The van der Waals surface area contributed by atoms with E-state index in [9.17, 15) is 4.39 Å². The van der Waals surface area contributed by atoms with E-state index in [1.54, 1.807) is 6.26 Å². The van der Waals surface area contributed by atoms with Crippen LogP contribution in [0, 0.1) is 5.82 Å². The van der Waals surface area contributed by atoms with E-state index in [2.05, 4.69) is 15.9 Å². The first-order chi connectivity index (χ1) is 5.16. The highest BCUT2D eigenvalue weighted by molar-refractivity contribution is 9.10. The summed E-state index contributed by atoms with van der Waals surface area (Å²) in [7, 11) is 0. The van der Waals surface area contributed by atoms with Crippen LogP contribution in [0.15, 0.2) is 21.5 Å². The van der Waals surface area contributed by atoms with Gasteiger partial charge in [0.2, 0.25) is 0 Å². The van der Waals surface area contributed by atoms with Gasteiger partial charge in [-0.25, -0.2) is 4.39 Å². The lowest BCUT2D eigenvalue weighted by Crippen LogP contribution is -1.81. The third-order valence-corrected chi connectivity index (χ3v) is 3.11. The third-order valence-electron chi connectivity index (χ3n) is 1.23. The average Bonchev–Trinajstić information content (AvgIpc) is 1.99. The van der Waals surface area contributed by atoms with Gasteiger partial charge in [0.05, 0.1) is 9.37 Å². The fraction of sp³-hybridized carbons (Fsp3) is 0.143. The number of phenolic OH excluding ortho intramolecular Hbond substituents is 1. The lowest BCUT2D eigenvalue weighted by molar-refractivity contribution is 0.465. The molecule has 0 unspecified atom stereocenters. The number of benzene rings is 1.